The van der Waals surface area contributed by atoms with E-state index in [1.165, 1.54) is 30.0 Å². The van der Waals surface area contributed by atoms with Crippen molar-refractivity contribution in [1.82, 2.24) is 9.88 Å². The average molecular weight is 448 g/mol. The van der Waals surface area contributed by atoms with Gasteiger partial charge >= 0.3 is 0 Å². The summed E-state index contributed by atoms with van der Waals surface area (Å²) >= 11 is 1.31. The van der Waals surface area contributed by atoms with Gasteiger partial charge in [-0.1, -0.05) is 54.2 Å². The topological polar surface area (TPSA) is 46.1 Å². The zero-order valence-electron chi connectivity index (χ0n) is 16.9. The summed E-state index contributed by atoms with van der Waals surface area (Å²) in [4.78, 5) is 13.1. The molecule has 2 heterocycles. The molecule has 4 nitrogen and oxygen atoms in total. The van der Waals surface area contributed by atoms with Crippen LogP contribution < -0.4 is 10.6 Å². The number of para-hydroxylation sites is 2. The number of carbonyl (C=O) groups is 1. The van der Waals surface area contributed by atoms with Gasteiger partial charge in [-0.3, -0.25) is 4.79 Å². The summed E-state index contributed by atoms with van der Waals surface area (Å²) in [6.45, 7) is 0.584. The predicted molar refractivity (Wildman–Crippen MR) is 125 cm³/mol. The molecule has 1 aliphatic rings. The van der Waals surface area contributed by atoms with Crippen LogP contribution >= 0.6 is 11.8 Å². The minimum Gasteiger partial charge on any atom is -0.354 e. The Morgan fingerprint density at radius 3 is 2.56 bits per heavy atom. The van der Waals surface area contributed by atoms with Crippen molar-refractivity contribution in [2.75, 3.05) is 5.32 Å². The molecule has 0 saturated carbocycles. The van der Waals surface area contributed by atoms with Crippen LogP contribution in [0.1, 0.15) is 11.1 Å². The molecule has 1 fully saturated rings. The Morgan fingerprint density at radius 1 is 1.00 bits per heavy atom. The van der Waals surface area contributed by atoms with Crippen molar-refractivity contribution >= 4 is 40.3 Å². The number of fused-ring (bicyclic) bond motifs is 1. The monoisotopic (exact) mass is 447 g/mol. The maximum atomic E-state index is 13.9. The third-order valence-electron chi connectivity index (χ3n) is 5.26. The van der Waals surface area contributed by atoms with Crippen molar-refractivity contribution in [1.29, 1.82) is 0 Å². The molecule has 0 spiro atoms. The van der Waals surface area contributed by atoms with Crippen LogP contribution in [0.15, 0.2) is 83.9 Å². The molecule has 2 N–H and O–H groups in total. The fraction of sp³-hybridized carbons (Fsp3) is 0.0800. The Bertz CT molecular complexity index is 1330. The molecule has 1 saturated heterocycles. The number of hydrogen-bond donors (Lipinski definition) is 2. The standard InChI is InChI=1S/C25H19F2N3OS/c26-18-11-9-16(10-12-18)14-30-15-17(19-5-1-4-8-22(19)30)13-23-24(31)29-25(32-23)28-21-7-3-2-6-20(21)27/h1-13,15,25,28H,14H2,(H,29,31)/b23-13-. The molecule has 1 aromatic heterocycles. The lowest BCUT2D eigenvalue weighted by atomic mass is 10.1. The Morgan fingerprint density at radius 2 is 1.75 bits per heavy atom. The quantitative estimate of drug-likeness (QED) is 0.394. The predicted octanol–water partition coefficient (Wildman–Crippen LogP) is 5.57. The molecule has 0 radical (unpaired) electrons. The molecule has 5 rings (SSSR count). The normalized spacial score (nSPS) is 17.1. The lowest BCUT2D eigenvalue weighted by Gasteiger charge is -2.12. The van der Waals surface area contributed by atoms with Gasteiger partial charge in [-0.2, -0.15) is 0 Å². The molecule has 32 heavy (non-hydrogen) atoms. The largest absolute Gasteiger partial charge is 0.354 e. The first-order chi connectivity index (χ1) is 15.6. The molecule has 0 bridgehead atoms. The number of amides is 1. The highest BCUT2D eigenvalue weighted by molar-refractivity contribution is 8.05. The van der Waals surface area contributed by atoms with E-state index in [0.717, 1.165) is 22.0 Å². The smallest absolute Gasteiger partial charge is 0.260 e. The van der Waals surface area contributed by atoms with Gasteiger partial charge in [0, 0.05) is 29.2 Å². The molecule has 7 heteroatoms. The third kappa shape index (κ3) is 4.11. The summed E-state index contributed by atoms with van der Waals surface area (Å²) in [5.74, 6) is -0.845. The lowest BCUT2D eigenvalue weighted by Crippen LogP contribution is -2.31. The van der Waals surface area contributed by atoms with E-state index in [1.54, 1.807) is 30.3 Å². The van der Waals surface area contributed by atoms with Crippen molar-refractivity contribution < 1.29 is 13.6 Å². The summed E-state index contributed by atoms with van der Waals surface area (Å²) in [5.41, 5.74) is 2.79. The van der Waals surface area contributed by atoms with Crippen LogP contribution in [0, 0.1) is 11.6 Å². The van der Waals surface area contributed by atoms with E-state index in [2.05, 4.69) is 15.2 Å². The van der Waals surface area contributed by atoms with E-state index in [9.17, 15) is 13.6 Å². The van der Waals surface area contributed by atoms with Crippen LogP contribution in [0.2, 0.25) is 0 Å². The van der Waals surface area contributed by atoms with Crippen LogP contribution in [0.25, 0.3) is 17.0 Å². The zero-order valence-corrected chi connectivity index (χ0v) is 17.7. The van der Waals surface area contributed by atoms with Crippen molar-refractivity contribution in [3.63, 3.8) is 0 Å². The number of hydrogen-bond acceptors (Lipinski definition) is 3. The van der Waals surface area contributed by atoms with Crippen molar-refractivity contribution in [2.24, 2.45) is 0 Å². The van der Waals surface area contributed by atoms with Crippen LogP contribution in [-0.2, 0) is 11.3 Å². The number of carbonyl (C=O) groups excluding carboxylic acids is 1. The van der Waals surface area contributed by atoms with Gasteiger partial charge in [0.05, 0.1) is 10.6 Å². The molecule has 1 atom stereocenters. The number of nitrogens with one attached hydrogen (secondary N) is 2. The summed E-state index contributed by atoms with van der Waals surface area (Å²) in [7, 11) is 0. The number of nitrogens with zero attached hydrogens (tertiary/aromatic N) is 1. The van der Waals surface area contributed by atoms with Crippen molar-refractivity contribution in [3.8, 4) is 0 Å². The number of rotatable bonds is 5. The summed E-state index contributed by atoms with van der Waals surface area (Å²) in [6.07, 6.45) is 3.85. The third-order valence-corrected chi connectivity index (χ3v) is 6.29. The van der Waals surface area contributed by atoms with E-state index >= 15 is 0 Å². The lowest BCUT2D eigenvalue weighted by molar-refractivity contribution is -0.116. The van der Waals surface area contributed by atoms with Gasteiger partial charge in [-0.25, -0.2) is 8.78 Å². The van der Waals surface area contributed by atoms with Crippen molar-refractivity contribution in [2.45, 2.75) is 12.0 Å². The Labute approximate surface area is 187 Å². The molecule has 4 aromatic rings. The first kappa shape index (κ1) is 20.3. The molecular weight excluding hydrogens is 428 g/mol. The van der Waals surface area contributed by atoms with E-state index in [1.807, 2.05) is 36.5 Å². The Balaban J connectivity index is 1.42. The van der Waals surface area contributed by atoms with Gasteiger partial charge in [-0.05, 0) is 42.0 Å². The zero-order chi connectivity index (χ0) is 22.1. The fourth-order valence-electron chi connectivity index (χ4n) is 3.73. The molecule has 0 aliphatic carbocycles. The number of halogens is 2. The number of anilines is 1. The fourth-order valence-corrected chi connectivity index (χ4v) is 4.70. The molecule has 1 amide bonds. The summed E-state index contributed by atoms with van der Waals surface area (Å²) < 4.78 is 29.3. The van der Waals surface area contributed by atoms with E-state index in [4.69, 9.17) is 0 Å². The molecule has 1 aliphatic heterocycles. The van der Waals surface area contributed by atoms with Crippen LogP contribution in [0.5, 0.6) is 0 Å². The Hall–Kier alpha value is -3.58. The maximum absolute atomic E-state index is 13.9. The van der Waals surface area contributed by atoms with Gasteiger partial charge in [0.25, 0.3) is 5.91 Å². The molecule has 3 aromatic carbocycles. The van der Waals surface area contributed by atoms with E-state index in [-0.39, 0.29) is 17.5 Å². The second-order valence-electron chi connectivity index (χ2n) is 7.46. The van der Waals surface area contributed by atoms with Crippen molar-refractivity contribution in [3.05, 3.63) is 107 Å². The maximum Gasteiger partial charge on any atom is 0.260 e. The van der Waals surface area contributed by atoms with E-state index in [0.29, 0.717) is 17.1 Å². The summed E-state index contributed by atoms with van der Waals surface area (Å²) in [6, 6.07) is 20.7. The number of aromatic nitrogens is 1. The molecular formula is C25H19F2N3OS. The Kier molecular flexibility index (Phi) is 5.41. The highest BCUT2D eigenvalue weighted by atomic mass is 32.2. The van der Waals surface area contributed by atoms with Gasteiger partial charge in [0.2, 0.25) is 0 Å². The van der Waals surface area contributed by atoms with Gasteiger partial charge in [0.1, 0.15) is 11.6 Å². The highest BCUT2D eigenvalue weighted by Crippen LogP contribution is 2.33. The second-order valence-corrected chi connectivity index (χ2v) is 8.61. The van der Waals surface area contributed by atoms with Crippen LogP contribution in [-0.4, -0.2) is 16.0 Å². The van der Waals surface area contributed by atoms with Crippen LogP contribution in [0.4, 0.5) is 14.5 Å². The number of thioether (sulfide) groups is 1. The van der Waals surface area contributed by atoms with Gasteiger partial charge in [0.15, 0.2) is 5.50 Å². The molecule has 160 valence electrons. The average Bonchev–Trinajstić information content (AvgIpc) is 3.31. The van der Waals surface area contributed by atoms with Gasteiger partial charge < -0.3 is 15.2 Å². The summed E-state index contributed by atoms with van der Waals surface area (Å²) in [5, 5.41) is 6.86. The van der Waals surface area contributed by atoms with Crippen LogP contribution in [0.3, 0.4) is 0 Å². The minimum atomic E-state index is -0.460. The SMILES string of the molecule is O=C1NC(Nc2ccccc2F)S/C1=C\c1cn(Cc2ccc(F)cc2)c2ccccc12. The first-order valence-corrected chi connectivity index (χ1v) is 11.0. The number of benzene rings is 3. The van der Waals surface area contributed by atoms with E-state index < -0.39 is 5.50 Å². The highest BCUT2D eigenvalue weighted by Gasteiger charge is 2.28. The van der Waals surface area contributed by atoms with Gasteiger partial charge in [-0.15, -0.1) is 0 Å². The second kappa shape index (κ2) is 8.51. The molecule has 1 unspecified atom stereocenters. The first-order valence-electron chi connectivity index (χ1n) is 10.1. The minimum absolute atomic E-state index is 0.209.